The molecule has 7 nitrogen and oxygen atoms in total. The van der Waals surface area contributed by atoms with Gasteiger partial charge >= 0.3 is 6.61 Å². The first-order chi connectivity index (χ1) is 16.1. The standard InChI is InChI=1S/C24H31F2N5O2/c25-24(26)33-21-9-14(13-28-23(21)27)19-12-20(31(29-19)15-3-1-2-4-15)22-17-10-16(11-18(17)22)30-5-7-32-8-6-30/h9,12-13,15-18,22,24H,1-8,10-11H2,(H2,27,28)/t16?,17-,18+,22+. The minimum absolute atomic E-state index is 0.0413. The van der Waals surface area contributed by atoms with Gasteiger partial charge in [0.1, 0.15) is 0 Å². The van der Waals surface area contributed by atoms with E-state index >= 15 is 0 Å². The molecule has 6 rings (SSSR count). The first-order valence-electron chi connectivity index (χ1n) is 12.2. The number of aromatic nitrogens is 3. The molecule has 0 aromatic carbocycles. The van der Waals surface area contributed by atoms with E-state index in [1.54, 1.807) is 6.20 Å². The van der Waals surface area contributed by atoms with E-state index in [2.05, 4.69) is 25.4 Å². The van der Waals surface area contributed by atoms with Gasteiger partial charge in [-0.25, -0.2) is 4.98 Å². The maximum Gasteiger partial charge on any atom is 0.387 e. The molecule has 2 N–H and O–H groups in total. The number of morpholine rings is 1. The Morgan fingerprint density at radius 1 is 1.06 bits per heavy atom. The zero-order chi connectivity index (χ0) is 22.5. The second-order valence-electron chi connectivity index (χ2n) is 9.95. The smallest absolute Gasteiger partial charge is 0.387 e. The molecule has 178 valence electrons. The Bertz CT molecular complexity index is 991. The van der Waals surface area contributed by atoms with Crippen molar-refractivity contribution in [1.82, 2.24) is 19.7 Å². The van der Waals surface area contributed by atoms with Crippen LogP contribution in [0.4, 0.5) is 14.6 Å². The summed E-state index contributed by atoms with van der Waals surface area (Å²) in [5, 5.41) is 4.98. The van der Waals surface area contributed by atoms with E-state index in [4.69, 9.17) is 15.6 Å². The van der Waals surface area contributed by atoms with Crippen LogP contribution in [-0.2, 0) is 4.74 Å². The highest BCUT2D eigenvalue weighted by Crippen LogP contribution is 2.64. The lowest BCUT2D eigenvalue weighted by Gasteiger charge is -2.33. The third-order valence-electron chi connectivity index (χ3n) is 8.15. The summed E-state index contributed by atoms with van der Waals surface area (Å²) in [4.78, 5) is 6.69. The molecule has 3 heterocycles. The van der Waals surface area contributed by atoms with Gasteiger partial charge in [0.15, 0.2) is 11.6 Å². The number of nitrogens with two attached hydrogens (primary N) is 1. The van der Waals surface area contributed by atoms with Crippen molar-refractivity contribution in [3.05, 3.63) is 24.0 Å². The molecular weight excluding hydrogens is 428 g/mol. The Labute approximate surface area is 192 Å². The minimum Gasteiger partial charge on any atom is -0.431 e. The first-order valence-corrected chi connectivity index (χ1v) is 12.2. The van der Waals surface area contributed by atoms with Gasteiger partial charge in [-0.3, -0.25) is 9.58 Å². The molecule has 4 aliphatic rings. The largest absolute Gasteiger partial charge is 0.431 e. The highest BCUT2D eigenvalue weighted by atomic mass is 19.3. The maximum atomic E-state index is 12.8. The van der Waals surface area contributed by atoms with Gasteiger partial charge in [-0.2, -0.15) is 13.9 Å². The van der Waals surface area contributed by atoms with Crippen LogP contribution in [0.5, 0.6) is 5.75 Å². The van der Waals surface area contributed by atoms with Gasteiger partial charge in [0.2, 0.25) is 0 Å². The molecule has 2 aromatic heterocycles. The quantitative estimate of drug-likeness (QED) is 0.702. The van der Waals surface area contributed by atoms with Crippen LogP contribution in [0.2, 0.25) is 0 Å². The van der Waals surface area contributed by atoms with Crippen molar-refractivity contribution >= 4 is 5.82 Å². The fourth-order valence-corrected chi connectivity index (χ4v) is 6.52. The number of ether oxygens (including phenoxy) is 2. The average molecular weight is 460 g/mol. The SMILES string of the molecule is Nc1ncc(-c2cc([C@H]3[C@@H]4CC(N5CCOCC5)C[C@@H]43)n(C3CCCC3)n2)cc1OC(F)F. The lowest BCUT2D eigenvalue weighted by molar-refractivity contribution is -0.0494. The Hall–Kier alpha value is -2.26. The minimum atomic E-state index is -2.94. The predicted octanol–water partition coefficient (Wildman–Crippen LogP) is 4.07. The number of alkyl halides is 2. The molecule has 2 aromatic rings. The molecule has 1 unspecified atom stereocenters. The molecule has 1 saturated heterocycles. The van der Waals surface area contributed by atoms with Gasteiger partial charge in [-0.15, -0.1) is 0 Å². The molecule has 33 heavy (non-hydrogen) atoms. The Morgan fingerprint density at radius 3 is 2.48 bits per heavy atom. The van der Waals surface area contributed by atoms with Crippen LogP contribution in [0.25, 0.3) is 11.3 Å². The van der Waals surface area contributed by atoms with Gasteiger partial charge in [0.25, 0.3) is 0 Å². The van der Waals surface area contributed by atoms with Crippen LogP contribution in [-0.4, -0.2) is 58.6 Å². The van der Waals surface area contributed by atoms with Crippen molar-refractivity contribution < 1.29 is 18.3 Å². The highest BCUT2D eigenvalue weighted by molar-refractivity contribution is 5.64. The summed E-state index contributed by atoms with van der Waals surface area (Å²) in [5.74, 6) is 1.83. The van der Waals surface area contributed by atoms with Crippen LogP contribution >= 0.6 is 0 Å². The van der Waals surface area contributed by atoms with Crippen LogP contribution < -0.4 is 10.5 Å². The molecule has 0 spiro atoms. The number of rotatable bonds is 6. The molecule has 4 fully saturated rings. The van der Waals surface area contributed by atoms with E-state index in [0.717, 1.165) is 44.8 Å². The van der Waals surface area contributed by atoms with E-state index in [1.807, 2.05) is 0 Å². The summed E-state index contributed by atoms with van der Waals surface area (Å²) < 4.78 is 37.9. The summed E-state index contributed by atoms with van der Waals surface area (Å²) in [6.45, 7) is 0.846. The van der Waals surface area contributed by atoms with E-state index in [1.165, 1.54) is 37.4 Å². The zero-order valence-corrected chi connectivity index (χ0v) is 18.7. The molecule has 3 saturated carbocycles. The summed E-state index contributed by atoms with van der Waals surface area (Å²) in [6, 6.07) is 4.79. The second kappa shape index (κ2) is 8.51. The topological polar surface area (TPSA) is 78.4 Å². The maximum absolute atomic E-state index is 12.8. The van der Waals surface area contributed by atoms with Gasteiger partial charge < -0.3 is 15.2 Å². The highest BCUT2D eigenvalue weighted by Gasteiger charge is 2.58. The van der Waals surface area contributed by atoms with Gasteiger partial charge in [-0.05, 0) is 49.7 Å². The van der Waals surface area contributed by atoms with E-state index in [9.17, 15) is 8.78 Å². The molecule has 0 radical (unpaired) electrons. The molecule has 0 bridgehead atoms. The van der Waals surface area contributed by atoms with Crippen LogP contribution in [0.1, 0.15) is 56.2 Å². The van der Waals surface area contributed by atoms with Crippen molar-refractivity contribution in [3.63, 3.8) is 0 Å². The zero-order valence-electron chi connectivity index (χ0n) is 18.7. The third-order valence-corrected chi connectivity index (χ3v) is 8.15. The van der Waals surface area contributed by atoms with Crippen molar-refractivity contribution in [2.45, 2.75) is 63.1 Å². The molecular formula is C24H31F2N5O2. The average Bonchev–Trinajstić information content (AvgIpc) is 3.32. The Balaban J connectivity index is 1.26. The molecule has 9 heteroatoms. The van der Waals surface area contributed by atoms with E-state index < -0.39 is 6.61 Å². The number of halogens is 2. The number of pyridine rings is 1. The Morgan fingerprint density at radius 2 is 1.79 bits per heavy atom. The van der Waals surface area contributed by atoms with Crippen LogP contribution in [0.15, 0.2) is 18.3 Å². The lowest BCUT2D eigenvalue weighted by Crippen LogP contribution is -2.43. The first kappa shape index (κ1) is 21.3. The summed E-state index contributed by atoms with van der Waals surface area (Å²) >= 11 is 0. The van der Waals surface area contributed by atoms with E-state index in [-0.39, 0.29) is 11.6 Å². The van der Waals surface area contributed by atoms with Crippen LogP contribution in [0, 0.1) is 11.8 Å². The van der Waals surface area contributed by atoms with Crippen LogP contribution in [0.3, 0.4) is 0 Å². The summed E-state index contributed by atoms with van der Waals surface area (Å²) in [7, 11) is 0. The molecule has 1 aliphatic heterocycles. The number of fused-ring (bicyclic) bond motifs is 1. The number of anilines is 1. The van der Waals surface area contributed by atoms with Crippen molar-refractivity contribution in [1.29, 1.82) is 0 Å². The van der Waals surface area contributed by atoms with E-state index in [0.29, 0.717) is 35.4 Å². The fourth-order valence-electron chi connectivity index (χ4n) is 6.52. The van der Waals surface area contributed by atoms with Crippen molar-refractivity contribution in [2.24, 2.45) is 11.8 Å². The second-order valence-corrected chi connectivity index (χ2v) is 9.95. The Kier molecular flexibility index (Phi) is 5.49. The number of hydrogen-bond donors (Lipinski definition) is 1. The number of nitrogen functional groups attached to an aromatic ring is 1. The number of nitrogens with zero attached hydrogens (tertiary/aromatic N) is 4. The molecule has 4 atom stereocenters. The molecule has 3 aliphatic carbocycles. The van der Waals surface area contributed by atoms with Gasteiger partial charge in [-0.1, -0.05) is 12.8 Å². The lowest BCUT2D eigenvalue weighted by atomic mass is 10.0. The fraction of sp³-hybridized carbons (Fsp3) is 0.667. The third kappa shape index (κ3) is 3.99. The molecule has 0 amide bonds. The van der Waals surface area contributed by atoms with Crippen molar-refractivity contribution in [2.75, 3.05) is 32.0 Å². The number of hydrogen-bond acceptors (Lipinski definition) is 6. The monoisotopic (exact) mass is 459 g/mol. The van der Waals surface area contributed by atoms with Gasteiger partial charge in [0.05, 0.1) is 24.9 Å². The van der Waals surface area contributed by atoms with Gasteiger partial charge in [0, 0.05) is 42.5 Å². The predicted molar refractivity (Wildman–Crippen MR) is 119 cm³/mol. The summed E-state index contributed by atoms with van der Waals surface area (Å²) in [6.07, 6.45) is 8.84. The van der Waals surface area contributed by atoms with Crippen molar-refractivity contribution in [3.8, 4) is 17.0 Å². The normalized spacial score (nSPS) is 30.2. The summed E-state index contributed by atoms with van der Waals surface area (Å²) in [5.41, 5.74) is 8.47.